The third-order valence-electron chi connectivity index (χ3n) is 3.70. The predicted octanol–water partition coefficient (Wildman–Crippen LogP) is 2.84. The van der Waals surface area contributed by atoms with Gasteiger partial charge in [0.1, 0.15) is 6.54 Å². The van der Waals surface area contributed by atoms with Gasteiger partial charge in [-0.2, -0.15) is 0 Å². The van der Waals surface area contributed by atoms with E-state index < -0.39 is 28.4 Å². The Morgan fingerprint density at radius 3 is 2.48 bits per heavy atom. The number of anilines is 2. The van der Waals surface area contributed by atoms with Crippen molar-refractivity contribution in [2.75, 3.05) is 29.5 Å². The fraction of sp³-hybridized carbons (Fsp3) is 0.222. The summed E-state index contributed by atoms with van der Waals surface area (Å²) < 4.78 is 29.9. The van der Waals surface area contributed by atoms with E-state index in [9.17, 15) is 18.0 Å². The van der Waals surface area contributed by atoms with Crippen molar-refractivity contribution in [1.82, 2.24) is 0 Å². The zero-order chi connectivity index (χ0) is 20.2. The van der Waals surface area contributed by atoms with E-state index in [0.29, 0.717) is 10.7 Å². The summed E-state index contributed by atoms with van der Waals surface area (Å²) >= 11 is 6.07. The van der Waals surface area contributed by atoms with Gasteiger partial charge in [0.05, 0.1) is 24.6 Å². The van der Waals surface area contributed by atoms with Crippen LogP contribution in [0.5, 0.6) is 0 Å². The Morgan fingerprint density at radius 1 is 1.19 bits per heavy atom. The van der Waals surface area contributed by atoms with Crippen molar-refractivity contribution in [3.8, 4) is 0 Å². The smallest absolute Gasteiger partial charge is 0.337 e. The zero-order valence-electron chi connectivity index (χ0n) is 15.0. The molecule has 0 spiro atoms. The molecule has 0 saturated heterocycles. The Morgan fingerprint density at radius 2 is 1.89 bits per heavy atom. The highest BCUT2D eigenvalue weighted by atomic mass is 35.5. The van der Waals surface area contributed by atoms with Crippen LogP contribution in [-0.2, 0) is 19.6 Å². The van der Waals surface area contributed by atoms with Gasteiger partial charge in [0.25, 0.3) is 0 Å². The Bertz CT molecular complexity index is 975. The van der Waals surface area contributed by atoms with Crippen LogP contribution in [0.25, 0.3) is 0 Å². The van der Waals surface area contributed by atoms with Gasteiger partial charge in [0, 0.05) is 10.7 Å². The van der Waals surface area contributed by atoms with Crippen LogP contribution in [0.15, 0.2) is 42.5 Å². The molecule has 0 bridgehead atoms. The lowest BCUT2D eigenvalue weighted by atomic mass is 10.2. The van der Waals surface area contributed by atoms with Crippen LogP contribution in [-0.4, -0.2) is 40.2 Å². The van der Waals surface area contributed by atoms with Gasteiger partial charge in [-0.25, -0.2) is 13.2 Å². The number of methoxy groups -OCH3 is 1. The summed E-state index contributed by atoms with van der Waals surface area (Å²) in [4.78, 5) is 23.9. The van der Waals surface area contributed by atoms with Crippen molar-refractivity contribution in [3.63, 3.8) is 0 Å². The number of carbonyl (C=O) groups is 2. The summed E-state index contributed by atoms with van der Waals surface area (Å²) in [6.45, 7) is 1.35. The lowest BCUT2D eigenvalue weighted by Crippen LogP contribution is -2.37. The Kier molecular flexibility index (Phi) is 6.45. The lowest BCUT2D eigenvalue weighted by Gasteiger charge is -2.22. The van der Waals surface area contributed by atoms with Crippen molar-refractivity contribution >= 4 is 44.9 Å². The molecule has 27 heavy (non-hydrogen) atoms. The van der Waals surface area contributed by atoms with E-state index >= 15 is 0 Å². The van der Waals surface area contributed by atoms with Crippen molar-refractivity contribution < 1.29 is 22.7 Å². The number of halogens is 1. The third kappa shape index (κ3) is 5.45. The van der Waals surface area contributed by atoms with Crippen molar-refractivity contribution in [1.29, 1.82) is 0 Å². The standard InChI is InChI=1S/C18H19ClN2O5S/c1-12-7-8-15(10-16(12)19)21(27(3,24)25)11-17(22)20-14-6-4-5-13(9-14)18(23)26-2/h4-10H,11H2,1-3H3,(H,20,22). The van der Waals surface area contributed by atoms with Crippen molar-refractivity contribution in [3.05, 3.63) is 58.6 Å². The molecule has 0 unspecified atom stereocenters. The van der Waals surface area contributed by atoms with Crippen LogP contribution in [0, 0.1) is 6.92 Å². The number of nitrogens with one attached hydrogen (secondary N) is 1. The molecule has 1 amide bonds. The normalized spacial score (nSPS) is 11.0. The molecule has 0 aromatic heterocycles. The highest BCUT2D eigenvalue weighted by Crippen LogP contribution is 2.25. The summed E-state index contributed by atoms with van der Waals surface area (Å²) in [5.41, 5.74) is 1.68. The maximum atomic E-state index is 12.4. The zero-order valence-corrected chi connectivity index (χ0v) is 16.6. The van der Waals surface area contributed by atoms with E-state index in [1.807, 2.05) is 0 Å². The minimum Gasteiger partial charge on any atom is -0.465 e. The maximum Gasteiger partial charge on any atom is 0.337 e. The summed E-state index contributed by atoms with van der Waals surface area (Å²) in [6.07, 6.45) is 1.01. The summed E-state index contributed by atoms with van der Waals surface area (Å²) in [5.74, 6) is -1.11. The first-order valence-electron chi connectivity index (χ1n) is 7.84. The molecule has 0 aliphatic heterocycles. The van der Waals surface area contributed by atoms with Crippen LogP contribution < -0.4 is 9.62 Å². The van der Waals surface area contributed by atoms with E-state index in [0.717, 1.165) is 16.1 Å². The van der Waals surface area contributed by atoms with Gasteiger partial charge in [-0.05, 0) is 42.8 Å². The number of benzene rings is 2. The number of rotatable bonds is 6. The second kappa shape index (κ2) is 8.41. The van der Waals surface area contributed by atoms with E-state index in [1.165, 1.54) is 19.2 Å². The minimum absolute atomic E-state index is 0.264. The Labute approximate surface area is 162 Å². The first-order valence-corrected chi connectivity index (χ1v) is 10.1. The average Bonchev–Trinajstić information content (AvgIpc) is 2.60. The monoisotopic (exact) mass is 410 g/mol. The molecule has 144 valence electrons. The van der Waals surface area contributed by atoms with Crippen molar-refractivity contribution in [2.45, 2.75) is 6.92 Å². The molecule has 0 atom stereocenters. The molecule has 0 aliphatic carbocycles. The molecule has 2 aromatic carbocycles. The molecular formula is C18H19ClN2O5S. The van der Waals surface area contributed by atoms with Crippen LogP contribution in [0.4, 0.5) is 11.4 Å². The largest absolute Gasteiger partial charge is 0.465 e. The van der Waals surface area contributed by atoms with Gasteiger partial charge < -0.3 is 10.1 Å². The SMILES string of the molecule is COC(=O)c1cccc(NC(=O)CN(c2ccc(C)c(Cl)c2)S(C)(=O)=O)c1. The highest BCUT2D eigenvalue weighted by molar-refractivity contribution is 7.92. The van der Waals surface area contributed by atoms with Gasteiger partial charge in [0.2, 0.25) is 15.9 Å². The number of nitrogens with zero attached hydrogens (tertiary/aromatic N) is 1. The van der Waals surface area contributed by atoms with E-state index in [2.05, 4.69) is 10.1 Å². The fourth-order valence-electron chi connectivity index (χ4n) is 2.31. The molecule has 7 nitrogen and oxygen atoms in total. The van der Waals surface area contributed by atoms with Crippen LogP contribution >= 0.6 is 11.6 Å². The second-order valence-electron chi connectivity index (χ2n) is 5.82. The molecule has 0 saturated carbocycles. The molecule has 0 aliphatic rings. The molecule has 0 heterocycles. The summed E-state index contributed by atoms with van der Waals surface area (Å²) in [5, 5.41) is 2.97. The van der Waals surface area contributed by atoms with Crippen molar-refractivity contribution in [2.24, 2.45) is 0 Å². The number of aryl methyl sites for hydroxylation is 1. The second-order valence-corrected chi connectivity index (χ2v) is 8.14. The predicted molar refractivity (Wildman–Crippen MR) is 105 cm³/mol. The van der Waals surface area contributed by atoms with Gasteiger partial charge in [-0.3, -0.25) is 9.10 Å². The Balaban J connectivity index is 2.22. The minimum atomic E-state index is -3.72. The molecular weight excluding hydrogens is 392 g/mol. The van der Waals surface area contributed by atoms with Crippen LogP contribution in [0.3, 0.4) is 0 Å². The molecule has 2 rings (SSSR count). The van der Waals surface area contributed by atoms with E-state index in [4.69, 9.17) is 11.6 Å². The molecule has 0 fully saturated rings. The topological polar surface area (TPSA) is 92.8 Å². The first-order chi connectivity index (χ1) is 12.6. The summed E-state index contributed by atoms with van der Waals surface area (Å²) in [7, 11) is -2.47. The third-order valence-corrected chi connectivity index (χ3v) is 5.25. The fourth-order valence-corrected chi connectivity index (χ4v) is 3.33. The maximum absolute atomic E-state index is 12.4. The number of ether oxygens (including phenoxy) is 1. The van der Waals surface area contributed by atoms with E-state index in [1.54, 1.807) is 37.3 Å². The van der Waals surface area contributed by atoms with Gasteiger partial charge in [0.15, 0.2) is 0 Å². The number of amides is 1. The van der Waals surface area contributed by atoms with Gasteiger partial charge in [-0.1, -0.05) is 23.7 Å². The number of hydrogen-bond acceptors (Lipinski definition) is 5. The average molecular weight is 411 g/mol. The van der Waals surface area contributed by atoms with Crippen LogP contribution in [0.2, 0.25) is 5.02 Å². The molecule has 0 radical (unpaired) electrons. The number of carbonyl (C=O) groups excluding carboxylic acids is 2. The molecule has 9 heteroatoms. The number of hydrogen-bond donors (Lipinski definition) is 1. The number of esters is 1. The first kappa shape index (κ1) is 20.7. The lowest BCUT2D eigenvalue weighted by molar-refractivity contribution is -0.114. The van der Waals surface area contributed by atoms with Gasteiger partial charge >= 0.3 is 5.97 Å². The summed E-state index contributed by atoms with van der Waals surface area (Å²) in [6, 6.07) is 10.9. The van der Waals surface area contributed by atoms with E-state index in [-0.39, 0.29) is 11.3 Å². The number of sulfonamides is 1. The quantitative estimate of drug-likeness (QED) is 0.739. The van der Waals surface area contributed by atoms with Crippen LogP contribution in [0.1, 0.15) is 15.9 Å². The Hall–Kier alpha value is -2.58. The van der Waals surface area contributed by atoms with Gasteiger partial charge in [-0.15, -0.1) is 0 Å². The molecule has 2 aromatic rings. The molecule has 1 N–H and O–H groups in total. The highest BCUT2D eigenvalue weighted by Gasteiger charge is 2.21.